The van der Waals surface area contributed by atoms with Crippen LogP contribution in [0.15, 0.2) is 36.4 Å². The van der Waals surface area contributed by atoms with Gasteiger partial charge >= 0.3 is 0 Å². The van der Waals surface area contributed by atoms with E-state index in [1.165, 1.54) is 17.9 Å². The van der Waals surface area contributed by atoms with E-state index >= 15 is 0 Å². The third-order valence-corrected chi connectivity index (χ3v) is 7.06. The maximum Gasteiger partial charge on any atom is 0.244 e. The molecule has 12 heteroatoms. The third-order valence-electron chi connectivity index (χ3n) is 4.93. The summed E-state index contributed by atoms with van der Waals surface area (Å²) < 4.78 is 39.5. The topological polar surface area (TPSA) is 86.8 Å². The largest absolute Gasteiger partial charge is 0.350 e. The molecule has 2 aromatic carbocycles. The molecule has 0 aliphatic heterocycles. The number of anilines is 1. The fraction of sp³-hybridized carbons (Fsp3) is 0.391. The molecule has 0 aromatic heterocycles. The zero-order valence-corrected chi connectivity index (χ0v) is 23.0. The summed E-state index contributed by atoms with van der Waals surface area (Å²) in [4.78, 5) is 27.6. The van der Waals surface area contributed by atoms with Gasteiger partial charge in [-0.3, -0.25) is 13.9 Å². The number of carbonyl (C=O) groups excluding carboxylic acids is 2. The van der Waals surface area contributed by atoms with E-state index in [0.717, 1.165) is 22.7 Å². The standard InChI is InChI=1S/C23H27Cl3FN3O4S/c1-14(22(32)28-23(2,3)4)29(12-16-17(24)7-6-8-18(16)25)21(31)13-30(35(5,33)34)15-9-10-20(27)19(26)11-15/h6-11,14H,12-13H2,1-5H3,(H,28,32)/t14-/m0/s1. The van der Waals surface area contributed by atoms with Crippen molar-refractivity contribution in [3.05, 3.63) is 62.8 Å². The van der Waals surface area contributed by atoms with Gasteiger partial charge in [0.2, 0.25) is 21.8 Å². The van der Waals surface area contributed by atoms with E-state index < -0.39 is 45.8 Å². The number of nitrogens with one attached hydrogen (secondary N) is 1. The van der Waals surface area contributed by atoms with Gasteiger partial charge in [0.15, 0.2) is 0 Å². The van der Waals surface area contributed by atoms with Crippen LogP contribution in [0, 0.1) is 5.82 Å². The van der Waals surface area contributed by atoms with Crippen molar-refractivity contribution < 1.29 is 22.4 Å². The fourth-order valence-electron chi connectivity index (χ4n) is 3.16. The maximum absolute atomic E-state index is 13.7. The van der Waals surface area contributed by atoms with E-state index in [0.29, 0.717) is 5.56 Å². The van der Waals surface area contributed by atoms with Crippen LogP contribution in [0.3, 0.4) is 0 Å². The van der Waals surface area contributed by atoms with Gasteiger partial charge in [0.25, 0.3) is 0 Å². The Balaban J connectivity index is 2.49. The van der Waals surface area contributed by atoms with E-state index in [9.17, 15) is 22.4 Å². The van der Waals surface area contributed by atoms with Crippen LogP contribution in [0.4, 0.5) is 10.1 Å². The second-order valence-corrected chi connectivity index (χ2v) is 12.1. The minimum atomic E-state index is -3.99. The smallest absolute Gasteiger partial charge is 0.244 e. The Kier molecular flexibility index (Phi) is 9.44. The molecule has 1 N–H and O–H groups in total. The number of benzene rings is 2. The van der Waals surface area contributed by atoms with Crippen LogP contribution >= 0.6 is 34.8 Å². The first-order valence-corrected chi connectivity index (χ1v) is 13.5. The van der Waals surface area contributed by atoms with Crippen molar-refractivity contribution in [2.75, 3.05) is 17.1 Å². The Hall–Kier alpha value is -2.07. The quantitative estimate of drug-likeness (QED) is 0.493. The van der Waals surface area contributed by atoms with Crippen LogP contribution in [0.25, 0.3) is 0 Å². The summed E-state index contributed by atoms with van der Waals surface area (Å²) in [5, 5.41) is 3.07. The third kappa shape index (κ3) is 7.96. The predicted molar refractivity (Wildman–Crippen MR) is 138 cm³/mol. The van der Waals surface area contributed by atoms with Gasteiger partial charge in [0.1, 0.15) is 18.4 Å². The summed E-state index contributed by atoms with van der Waals surface area (Å²) >= 11 is 18.4. The van der Waals surface area contributed by atoms with Gasteiger partial charge in [-0.1, -0.05) is 40.9 Å². The summed E-state index contributed by atoms with van der Waals surface area (Å²) in [6.07, 6.45) is 0.905. The van der Waals surface area contributed by atoms with Crippen LogP contribution in [0.2, 0.25) is 15.1 Å². The molecule has 35 heavy (non-hydrogen) atoms. The van der Waals surface area contributed by atoms with Crippen molar-refractivity contribution >= 4 is 62.3 Å². The first-order chi connectivity index (χ1) is 16.0. The summed E-state index contributed by atoms with van der Waals surface area (Å²) in [5.74, 6) is -1.90. The molecule has 7 nitrogen and oxygen atoms in total. The number of hydrogen-bond acceptors (Lipinski definition) is 4. The highest BCUT2D eigenvalue weighted by Crippen LogP contribution is 2.28. The van der Waals surface area contributed by atoms with Crippen LogP contribution in [-0.4, -0.2) is 49.5 Å². The summed E-state index contributed by atoms with van der Waals surface area (Å²) in [6, 6.07) is 7.12. The second-order valence-electron chi connectivity index (χ2n) is 9.01. The molecule has 0 heterocycles. The molecule has 192 valence electrons. The highest BCUT2D eigenvalue weighted by Gasteiger charge is 2.32. The second kappa shape index (κ2) is 11.3. The number of halogens is 4. The lowest BCUT2D eigenvalue weighted by Crippen LogP contribution is -2.54. The molecule has 0 bridgehead atoms. The SMILES string of the molecule is C[C@@H](C(=O)NC(C)(C)C)N(Cc1c(Cl)cccc1Cl)C(=O)CN(c1ccc(F)c(Cl)c1)S(C)(=O)=O. The molecule has 0 aliphatic rings. The molecule has 0 spiro atoms. The van der Waals surface area contributed by atoms with Crippen LogP contribution in [0.5, 0.6) is 0 Å². The van der Waals surface area contributed by atoms with Crippen molar-refractivity contribution in [3.63, 3.8) is 0 Å². The van der Waals surface area contributed by atoms with Gasteiger partial charge < -0.3 is 10.2 Å². The van der Waals surface area contributed by atoms with Crippen molar-refractivity contribution in [1.29, 1.82) is 0 Å². The average molecular weight is 567 g/mol. The lowest BCUT2D eigenvalue weighted by atomic mass is 10.1. The Morgan fingerprint density at radius 1 is 1.06 bits per heavy atom. The number of carbonyl (C=O) groups is 2. The molecule has 0 unspecified atom stereocenters. The predicted octanol–water partition coefficient (Wildman–Crippen LogP) is 4.88. The Labute approximate surface area is 220 Å². The number of rotatable bonds is 8. The lowest BCUT2D eigenvalue weighted by molar-refractivity contribution is -0.140. The van der Waals surface area contributed by atoms with Gasteiger partial charge in [-0.2, -0.15) is 0 Å². The molecule has 2 aromatic rings. The Morgan fingerprint density at radius 3 is 2.11 bits per heavy atom. The van der Waals surface area contributed by atoms with E-state index in [1.54, 1.807) is 39.0 Å². The van der Waals surface area contributed by atoms with Crippen LogP contribution in [-0.2, 0) is 26.2 Å². The van der Waals surface area contributed by atoms with Gasteiger partial charge in [-0.05, 0) is 58.0 Å². The minimum absolute atomic E-state index is 0.00484. The first-order valence-electron chi connectivity index (χ1n) is 10.5. The Bertz CT molecular complexity index is 1200. The highest BCUT2D eigenvalue weighted by atomic mass is 35.5. The average Bonchev–Trinajstić information content (AvgIpc) is 2.71. The molecule has 0 radical (unpaired) electrons. The molecule has 2 rings (SSSR count). The van der Waals surface area contributed by atoms with E-state index in [1.807, 2.05) is 0 Å². The summed E-state index contributed by atoms with van der Waals surface area (Å²) in [5.41, 5.74) is -0.184. The fourth-order valence-corrected chi connectivity index (χ4v) is 4.70. The molecular formula is C23H27Cl3FN3O4S. The van der Waals surface area contributed by atoms with Crippen LogP contribution < -0.4 is 9.62 Å². The normalized spacial score (nSPS) is 12.7. The first kappa shape index (κ1) is 29.2. The number of sulfonamides is 1. The highest BCUT2D eigenvalue weighted by molar-refractivity contribution is 7.92. The van der Waals surface area contributed by atoms with Gasteiger partial charge in [-0.15, -0.1) is 0 Å². The molecular weight excluding hydrogens is 540 g/mol. The zero-order valence-electron chi connectivity index (χ0n) is 19.9. The molecule has 2 amide bonds. The molecule has 0 aliphatic carbocycles. The van der Waals surface area contributed by atoms with Crippen molar-refractivity contribution in [3.8, 4) is 0 Å². The van der Waals surface area contributed by atoms with Crippen LogP contribution in [0.1, 0.15) is 33.3 Å². The lowest BCUT2D eigenvalue weighted by Gasteiger charge is -2.33. The molecule has 0 saturated carbocycles. The van der Waals surface area contributed by atoms with E-state index in [2.05, 4.69) is 5.32 Å². The maximum atomic E-state index is 13.7. The monoisotopic (exact) mass is 565 g/mol. The number of amides is 2. The zero-order chi connectivity index (χ0) is 26.7. The molecule has 0 fully saturated rings. The number of hydrogen-bond donors (Lipinski definition) is 1. The summed E-state index contributed by atoms with van der Waals surface area (Å²) in [7, 11) is -3.99. The van der Waals surface area contributed by atoms with Gasteiger partial charge in [-0.25, -0.2) is 12.8 Å². The van der Waals surface area contributed by atoms with Gasteiger partial charge in [0, 0.05) is 27.7 Å². The number of nitrogens with zero attached hydrogens (tertiary/aromatic N) is 2. The van der Waals surface area contributed by atoms with Crippen molar-refractivity contribution in [2.45, 2.75) is 45.8 Å². The summed E-state index contributed by atoms with van der Waals surface area (Å²) in [6.45, 7) is 6.06. The van der Waals surface area contributed by atoms with Crippen molar-refractivity contribution in [2.24, 2.45) is 0 Å². The van der Waals surface area contributed by atoms with E-state index in [4.69, 9.17) is 34.8 Å². The molecule has 1 atom stereocenters. The Morgan fingerprint density at radius 2 is 1.63 bits per heavy atom. The van der Waals surface area contributed by atoms with Gasteiger partial charge in [0.05, 0.1) is 17.0 Å². The molecule has 0 saturated heterocycles. The van der Waals surface area contributed by atoms with Crippen molar-refractivity contribution in [1.82, 2.24) is 10.2 Å². The minimum Gasteiger partial charge on any atom is -0.350 e. The van der Waals surface area contributed by atoms with E-state index in [-0.39, 0.29) is 27.3 Å².